The predicted octanol–water partition coefficient (Wildman–Crippen LogP) is 4.30. The fourth-order valence-corrected chi connectivity index (χ4v) is 6.15. The zero-order chi connectivity index (χ0) is 19.9. The van der Waals surface area contributed by atoms with Gasteiger partial charge < -0.3 is 10.4 Å². The van der Waals surface area contributed by atoms with Crippen LogP contribution in [0.25, 0.3) is 10.1 Å². The summed E-state index contributed by atoms with van der Waals surface area (Å²) in [6.45, 7) is 0.949. The molecule has 1 aliphatic rings. The first-order chi connectivity index (χ1) is 13.4. The number of nitrogens with one attached hydrogen (secondary N) is 1. The number of sulfonamides is 1. The summed E-state index contributed by atoms with van der Waals surface area (Å²) in [5.41, 5.74) is 0.0267. The maximum atomic E-state index is 12.7. The number of fused-ring (bicyclic) bond motifs is 1. The highest BCUT2D eigenvalue weighted by atomic mass is 35.5. The van der Waals surface area contributed by atoms with E-state index in [-0.39, 0.29) is 16.3 Å². The number of phenolic OH excluding ortho intramolecular Hbond substituents is 1. The number of rotatable bonds is 4. The van der Waals surface area contributed by atoms with E-state index >= 15 is 0 Å². The average molecular weight is 437 g/mol. The molecule has 0 radical (unpaired) electrons. The molecule has 0 atom stereocenters. The Morgan fingerprint density at radius 3 is 2.57 bits per heavy atom. The second-order valence-corrected chi connectivity index (χ2v) is 9.85. The van der Waals surface area contributed by atoms with Crippen molar-refractivity contribution >= 4 is 54.6 Å². The normalized spacial score (nSPS) is 15.2. The number of amides is 1. The Balaban J connectivity index is 1.65. The van der Waals surface area contributed by atoms with Gasteiger partial charge in [0.15, 0.2) is 0 Å². The summed E-state index contributed by atoms with van der Waals surface area (Å²) < 4.78 is 27.8. The minimum Gasteiger partial charge on any atom is -0.506 e. The highest BCUT2D eigenvalue weighted by Gasteiger charge is 2.28. The molecule has 1 aliphatic heterocycles. The van der Waals surface area contributed by atoms with Crippen LogP contribution in [-0.2, 0) is 10.0 Å². The molecule has 3 aromatic rings. The molecule has 146 valence electrons. The van der Waals surface area contributed by atoms with Crippen molar-refractivity contribution in [2.45, 2.75) is 17.7 Å². The average Bonchev–Trinajstić information content (AvgIpc) is 3.33. The van der Waals surface area contributed by atoms with Crippen LogP contribution >= 0.6 is 22.9 Å². The fourth-order valence-electron chi connectivity index (χ4n) is 3.19. The number of carbonyl (C=O) groups excluding carboxylic acids is 1. The van der Waals surface area contributed by atoms with Crippen LogP contribution in [0.3, 0.4) is 0 Å². The number of hydrogen-bond donors (Lipinski definition) is 2. The lowest BCUT2D eigenvalue weighted by Gasteiger charge is -2.16. The molecule has 1 saturated heterocycles. The maximum Gasteiger partial charge on any atom is 0.267 e. The fraction of sp³-hybridized carbons (Fsp3) is 0.211. The summed E-state index contributed by atoms with van der Waals surface area (Å²) in [7, 11) is -3.66. The van der Waals surface area contributed by atoms with Crippen molar-refractivity contribution in [3.8, 4) is 5.75 Å². The van der Waals surface area contributed by atoms with E-state index in [1.54, 1.807) is 0 Å². The molecule has 28 heavy (non-hydrogen) atoms. The lowest BCUT2D eigenvalue weighted by molar-refractivity contribution is 0.103. The van der Waals surface area contributed by atoms with Gasteiger partial charge in [0.1, 0.15) is 10.6 Å². The highest BCUT2D eigenvalue weighted by Crippen LogP contribution is 2.36. The molecule has 2 heterocycles. The van der Waals surface area contributed by atoms with Crippen LogP contribution in [0.5, 0.6) is 5.75 Å². The maximum absolute atomic E-state index is 12.7. The molecule has 2 N–H and O–H groups in total. The van der Waals surface area contributed by atoms with E-state index in [0.29, 0.717) is 23.0 Å². The largest absolute Gasteiger partial charge is 0.506 e. The summed E-state index contributed by atoms with van der Waals surface area (Å²) in [6, 6.07) is 11.3. The molecule has 1 aromatic heterocycles. The van der Waals surface area contributed by atoms with Crippen LogP contribution in [0.15, 0.2) is 47.4 Å². The third kappa shape index (κ3) is 3.37. The summed E-state index contributed by atoms with van der Waals surface area (Å²) in [6.07, 6.45) is 1.65. The molecule has 9 heteroatoms. The Hall–Kier alpha value is -2.13. The molecule has 0 saturated carbocycles. The van der Waals surface area contributed by atoms with Crippen LogP contribution in [0.4, 0.5) is 5.69 Å². The second kappa shape index (κ2) is 7.36. The zero-order valence-electron chi connectivity index (χ0n) is 14.7. The van der Waals surface area contributed by atoms with E-state index < -0.39 is 15.9 Å². The Kier molecular flexibility index (Phi) is 5.05. The molecule has 1 fully saturated rings. The lowest BCUT2D eigenvalue weighted by atomic mass is 10.2. The highest BCUT2D eigenvalue weighted by molar-refractivity contribution is 7.89. The number of hydrogen-bond acceptors (Lipinski definition) is 5. The van der Waals surface area contributed by atoms with Crippen molar-refractivity contribution in [2.75, 3.05) is 18.4 Å². The quantitative estimate of drug-likeness (QED) is 0.597. The van der Waals surface area contributed by atoms with E-state index in [1.165, 1.54) is 33.8 Å². The van der Waals surface area contributed by atoms with Crippen molar-refractivity contribution < 1.29 is 18.3 Å². The number of phenols is 1. The van der Waals surface area contributed by atoms with E-state index in [0.717, 1.165) is 22.9 Å². The van der Waals surface area contributed by atoms with E-state index in [9.17, 15) is 18.3 Å². The van der Waals surface area contributed by atoms with Crippen molar-refractivity contribution in [1.82, 2.24) is 4.31 Å². The van der Waals surface area contributed by atoms with Crippen LogP contribution in [0.2, 0.25) is 5.02 Å². The van der Waals surface area contributed by atoms with Crippen molar-refractivity contribution in [3.05, 3.63) is 52.4 Å². The predicted molar refractivity (Wildman–Crippen MR) is 111 cm³/mol. The summed E-state index contributed by atoms with van der Waals surface area (Å²) in [4.78, 5) is 13.1. The van der Waals surface area contributed by atoms with Gasteiger partial charge in [-0.1, -0.05) is 29.8 Å². The van der Waals surface area contributed by atoms with Gasteiger partial charge in [-0.25, -0.2) is 8.42 Å². The summed E-state index contributed by atoms with van der Waals surface area (Å²) in [5, 5.41) is 13.8. The van der Waals surface area contributed by atoms with Gasteiger partial charge in [0, 0.05) is 23.2 Å². The Labute approximate surface area is 171 Å². The molecule has 4 rings (SSSR count). The molecular formula is C19H17ClN2O4S2. The topological polar surface area (TPSA) is 86.7 Å². The molecule has 0 aliphatic carbocycles. The van der Waals surface area contributed by atoms with Gasteiger partial charge in [-0.15, -0.1) is 11.3 Å². The van der Waals surface area contributed by atoms with Gasteiger partial charge in [-0.2, -0.15) is 4.31 Å². The molecular weight excluding hydrogens is 420 g/mol. The van der Waals surface area contributed by atoms with Crippen molar-refractivity contribution in [3.63, 3.8) is 0 Å². The monoisotopic (exact) mass is 436 g/mol. The molecule has 2 aromatic carbocycles. The summed E-state index contributed by atoms with van der Waals surface area (Å²) >= 11 is 7.57. The lowest BCUT2D eigenvalue weighted by Crippen LogP contribution is -2.27. The third-order valence-corrected chi connectivity index (χ3v) is 8.23. The van der Waals surface area contributed by atoms with Gasteiger partial charge >= 0.3 is 0 Å². The minimum atomic E-state index is -3.66. The first kappa shape index (κ1) is 19.2. The molecule has 0 bridgehead atoms. The zero-order valence-corrected chi connectivity index (χ0v) is 17.1. The van der Waals surface area contributed by atoms with Crippen LogP contribution in [-0.4, -0.2) is 36.8 Å². The molecule has 1 amide bonds. The van der Waals surface area contributed by atoms with Crippen LogP contribution in [0.1, 0.15) is 22.5 Å². The number of aromatic hydroxyl groups is 1. The smallest absolute Gasteiger partial charge is 0.267 e. The second-order valence-electron chi connectivity index (χ2n) is 6.49. The van der Waals surface area contributed by atoms with Crippen LogP contribution < -0.4 is 5.32 Å². The number of thiophene rings is 1. The first-order valence-corrected chi connectivity index (χ1v) is 11.3. The Morgan fingerprint density at radius 2 is 1.86 bits per heavy atom. The number of benzene rings is 2. The van der Waals surface area contributed by atoms with Crippen molar-refractivity contribution in [1.29, 1.82) is 0 Å². The molecule has 0 unspecified atom stereocenters. The van der Waals surface area contributed by atoms with Gasteiger partial charge in [0.25, 0.3) is 5.91 Å². The van der Waals surface area contributed by atoms with Gasteiger partial charge in [-0.3, -0.25) is 4.79 Å². The van der Waals surface area contributed by atoms with Gasteiger partial charge in [0.05, 0.1) is 15.6 Å². The number of anilines is 1. The number of carbonyl (C=O) groups is 1. The van der Waals surface area contributed by atoms with E-state index in [2.05, 4.69) is 5.32 Å². The van der Waals surface area contributed by atoms with E-state index in [1.807, 2.05) is 24.3 Å². The first-order valence-electron chi connectivity index (χ1n) is 8.69. The van der Waals surface area contributed by atoms with Crippen molar-refractivity contribution in [2.24, 2.45) is 0 Å². The SMILES string of the molecule is O=C(Nc1cc(S(=O)(=O)N2CCCC2)ccc1O)c1sc2ccccc2c1Cl. The van der Waals surface area contributed by atoms with Crippen LogP contribution in [0, 0.1) is 0 Å². The Morgan fingerprint density at radius 1 is 1.14 bits per heavy atom. The third-order valence-electron chi connectivity index (χ3n) is 4.66. The Bertz CT molecular complexity index is 1170. The number of halogens is 1. The number of nitrogens with zero attached hydrogens (tertiary/aromatic N) is 1. The van der Waals surface area contributed by atoms with E-state index in [4.69, 9.17) is 11.6 Å². The molecule has 6 nitrogen and oxygen atoms in total. The molecule has 0 spiro atoms. The van der Waals surface area contributed by atoms with Gasteiger partial charge in [-0.05, 0) is 37.1 Å². The minimum absolute atomic E-state index is 0.0267. The van der Waals surface area contributed by atoms with Gasteiger partial charge in [0.2, 0.25) is 10.0 Å². The summed E-state index contributed by atoms with van der Waals surface area (Å²) in [5.74, 6) is -0.719. The standard InChI is InChI=1S/C19H17ClN2O4S2/c20-17-13-5-1-2-6-16(13)27-18(17)19(24)21-14-11-12(7-8-15(14)23)28(25,26)22-9-3-4-10-22/h1-2,5-8,11,23H,3-4,9-10H2,(H,21,24).